The van der Waals surface area contributed by atoms with E-state index in [1.54, 1.807) is 13.0 Å². The molecule has 0 aliphatic heterocycles. The molecule has 0 saturated heterocycles. The molecule has 0 radical (unpaired) electrons. The van der Waals surface area contributed by atoms with Crippen LogP contribution in [0.25, 0.3) is 0 Å². The van der Waals surface area contributed by atoms with Gasteiger partial charge in [-0.05, 0) is 25.1 Å². The van der Waals surface area contributed by atoms with E-state index in [1.165, 1.54) is 24.5 Å². The van der Waals surface area contributed by atoms with Gasteiger partial charge in [0.1, 0.15) is 22.8 Å². The summed E-state index contributed by atoms with van der Waals surface area (Å²) < 4.78 is 18.7. The molecule has 1 amide bonds. The van der Waals surface area contributed by atoms with Crippen LogP contribution in [-0.4, -0.2) is 10.9 Å². The van der Waals surface area contributed by atoms with Gasteiger partial charge in [-0.3, -0.25) is 4.79 Å². The fraction of sp³-hybridized carbons (Fsp3) is 0.0769. The molecule has 0 unspecified atom stereocenters. The van der Waals surface area contributed by atoms with Gasteiger partial charge in [0, 0.05) is 0 Å². The summed E-state index contributed by atoms with van der Waals surface area (Å²) in [5.41, 5.74) is 6.05. The summed E-state index contributed by atoms with van der Waals surface area (Å²) >= 11 is 4.78. The van der Waals surface area contributed by atoms with Crippen molar-refractivity contribution in [3.63, 3.8) is 0 Å². The third kappa shape index (κ3) is 2.79. The number of benzene rings is 1. The molecule has 0 bridgehead atoms. The molecule has 1 aromatic heterocycles. The number of anilines is 1. The van der Waals surface area contributed by atoms with Crippen LogP contribution >= 0.6 is 12.2 Å². The SMILES string of the molecule is Cc1cc(C(=O)Nc2cccc(F)c2C(N)=S)co1. The zero-order valence-electron chi connectivity index (χ0n) is 10.1. The van der Waals surface area contributed by atoms with E-state index in [9.17, 15) is 9.18 Å². The van der Waals surface area contributed by atoms with Gasteiger partial charge < -0.3 is 15.5 Å². The molecule has 1 heterocycles. The molecule has 19 heavy (non-hydrogen) atoms. The Hall–Kier alpha value is -2.21. The molecule has 0 aliphatic carbocycles. The Morgan fingerprint density at radius 3 is 2.79 bits per heavy atom. The third-order valence-electron chi connectivity index (χ3n) is 2.50. The van der Waals surface area contributed by atoms with Gasteiger partial charge in [-0.1, -0.05) is 18.3 Å². The van der Waals surface area contributed by atoms with Gasteiger partial charge in [0.15, 0.2) is 0 Å². The molecule has 98 valence electrons. The number of amides is 1. The van der Waals surface area contributed by atoms with E-state index >= 15 is 0 Å². The number of rotatable bonds is 3. The average molecular weight is 278 g/mol. The van der Waals surface area contributed by atoms with Crippen molar-refractivity contribution in [2.75, 3.05) is 5.32 Å². The summed E-state index contributed by atoms with van der Waals surface area (Å²) in [4.78, 5) is 11.8. The second-order valence-corrected chi connectivity index (χ2v) is 4.37. The molecule has 0 spiro atoms. The maximum Gasteiger partial charge on any atom is 0.258 e. The molecule has 0 fully saturated rings. The number of carbonyl (C=O) groups excluding carboxylic acids is 1. The lowest BCUT2D eigenvalue weighted by Gasteiger charge is -2.10. The lowest BCUT2D eigenvalue weighted by molar-refractivity contribution is 0.102. The van der Waals surface area contributed by atoms with Gasteiger partial charge in [-0.15, -0.1) is 0 Å². The number of nitrogens with two attached hydrogens (primary N) is 1. The van der Waals surface area contributed by atoms with E-state index in [2.05, 4.69) is 5.32 Å². The molecule has 4 nitrogen and oxygen atoms in total. The van der Waals surface area contributed by atoms with Gasteiger partial charge in [-0.25, -0.2) is 4.39 Å². The average Bonchev–Trinajstić information content (AvgIpc) is 2.75. The molecule has 2 aromatic rings. The van der Waals surface area contributed by atoms with E-state index in [-0.39, 0.29) is 16.2 Å². The number of thiocarbonyl (C=S) groups is 1. The van der Waals surface area contributed by atoms with E-state index < -0.39 is 11.7 Å². The Balaban J connectivity index is 2.31. The Morgan fingerprint density at radius 2 is 2.21 bits per heavy atom. The number of carbonyl (C=O) groups is 1. The second kappa shape index (κ2) is 5.19. The summed E-state index contributed by atoms with van der Waals surface area (Å²) in [6.07, 6.45) is 1.32. The lowest BCUT2D eigenvalue weighted by atomic mass is 10.1. The van der Waals surface area contributed by atoms with Crippen LogP contribution in [0.2, 0.25) is 0 Å². The minimum Gasteiger partial charge on any atom is -0.469 e. The first kappa shape index (κ1) is 13.2. The van der Waals surface area contributed by atoms with Crippen LogP contribution in [0, 0.1) is 12.7 Å². The van der Waals surface area contributed by atoms with Crippen molar-refractivity contribution in [3.8, 4) is 0 Å². The zero-order valence-corrected chi connectivity index (χ0v) is 10.9. The van der Waals surface area contributed by atoms with Gasteiger partial charge in [0.25, 0.3) is 5.91 Å². The molecule has 6 heteroatoms. The molecule has 2 rings (SSSR count). The van der Waals surface area contributed by atoms with Crippen LogP contribution in [0.3, 0.4) is 0 Å². The minimum atomic E-state index is -0.575. The van der Waals surface area contributed by atoms with E-state index in [4.69, 9.17) is 22.4 Å². The minimum absolute atomic E-state index is 0.0195. The molecule has 0 aliphatic rings. The molecular weight excluding hydrogens is 267 g/mol. The fourth-order valence-electron chi connectivity index (χ4n) is 1.64. The normalized spacial score (nSPS) is 10.2. The van der Waals surface area contributed by atoms with Crippen LogP contribution in [0.1, 0.15) is 21.7 Å². The van der Waals surface area contributed by atoms with Crippen molar-refractivity contribution in [2.24, 2.45) is 5.73 Å². The van der Waals surface area contributed by atoms with Crippen LogP contribution in [0.4, 0.5) is 10.1 Å². The quantitative estimate of drug-likeness (QED) is 0.847. The van der Waals surface area contributed by atoms with Crippen molar-refractivity contribution in [3.05, 3.63) is 53.2 Å². The largest absolute Gasteiger partial charge is 0.469 e. The zero-order chi connectivity index (χ0) is 14.0. The summed E-state index contributed by atoms with van der Waals surface area (Å²) in [6.45, 7) is 1.72. The maximum atomic E-state index is 13.6. The number of hydrogen-bond donors (Lipinski definition) is 2. The molecular formula is C13H11FN2O2S. The molecule has 3 N–H and O–H groups in total. The summed E-state index contributed by atoms with van der Waals surface area (Å²) in [7, 11) is 0. The number of aryl methyl sites for hydroxylation is 1. The highest BCUT2D eigenvalue weighted by Crippen LogP contribution is 2.20. The van der Waals surface area contributed by atoms with Gasteiger partial charge >= 0.3 is 0 Å². The van der Waals surface area contributed by atoms with Crippen molar-refractivity contribution in [1.82, 2.24) is 0 Å². The van der Waals surface area contributed by atoms with Crippen LogP contribution in [-0.2, 0) is 0 Å². The molecule has 1 aromatic carbocycles. The first-order valence-corrected chi connectivity index (χ1v) is 5.84. The smallest absolute Gasteiger partial charge is 0.258 e. The maximum absolute atomic E-state index is 13.6. The standard InChI is InChI=1S/C13H11FN2O2S/c1-7-5-8(6-18-7)13(17)16-10-4-2-3-9(14)11(10)12(15)19/h2-6H,1H3,(H2,15,19)(H,16,17). The van der Waals surface area contributed by atoms with Crippen LogP contribution in [0.5, 0.6) is 0 Å². The number of halogens is 1. The summed E-state index contributed by atoms with van der Waals surface area (Å²) in [5, 5.41) is 2.56. The molecule has 0 atom stereocenters. The summed E-state index contributed by atoms with van der Waals surface area (Å²) in [6, 6.07) is 5.80. The second-order valence-electron chi connectivity index (χ2n) is 3.93. The predicted octanol–water partition coefficient (Wildman–Crippen LogP) is 2.61. The highest BCUT2D eigenvalue weighted by Gasteiger charge is 2.15. The Morgan fingerprint density at radius 1 is 1.47 bits per heavy atom. The topological polar surface area (TPSA) is 68.3 Å². The van der Waals surface area contributed by atoms with Gasteiger partial charge in [0.2, 0.25) is 0 Å². The first-order valence-electron chi connectivity index (χ1n) is 5.44. The third-order valence-corrected chi connectivity index (χ3v) is 2.71. The lowest BCUT2D eigenvalue weighted by Crippen LogP contribution is -2.18. The van der Waals surface area contributed by atoms with Crippen molar-refractivity contribution < 1.29 is 13.6 Å². The molecule has 0 saturated carbocycles. The summed E-state index contributed by atoms with van der Waals surface area (Å²) in [5.74, 6) is -0.382. The van der Waals surface area contributed by atoms with Gasteiger partial charge in [-0.2, -0.15) is 0 Å². The number of nitrogens with one attached hydrogen (secondary N) is 1. The van der Waals surface area contributed by atoms with Crippen molar-refractivity contribution in [2.45, 2.75) is 6.92 Å². The Kier molecular flexibility index (Phi) is 3.62. The van der Waals surface area contributed by atoms with E-state index in [0.717, 1.165) is 0 Å². The van der Waals surface area contributed by atoms with E-state index in [0.29, 0.717) is 11.3 Å². The first-order chi connectivity index (χ1) is 8.99. The number of hydrogen-bond acceptors (Lipinski definition) is 3. The number of furan rings is 1. The van der Waals surface area contributed by atoms with Crippen molar-refractivity contribution in [1.29, 1.82) is 0 Å². The Bertz CT molecular complexity index is 652. The Labute approximate surface area is 114 Å². The van der Waals surface area contributed by atoms with Crippen LogP contribution in [0.15, 0.2) is 34.9 Å². The highest BCUT2D eigenvalue weighted by atomic mass is 32.1. The fourth-order valence-corrected chi connectivity index (χ4v) is 1.84. The van der Waals surface area contributed by atoms with Crippen LogP contribution < -0.4 is 11.1 Å². The highest BCUT2D eigenvalue weighted by molar-refractivity contribution is 7.80. The van der Waals surface area contributed by atoms with Gasteiger partial charge in [0.05, 0.1) is 16.8 Å². The van der Waals surface area contributed by atoms with E-state index in [1.807, 2.05) is 0 Å². The monoisotopic (exact) mass is 278 g/mol. The van der Waals surface area contributed by atoms with Crippen molar-refractivity contribution >= 4 is 28.8 Å². The predicted molar refractivity (Wildman–Crippen MR) is 73.7 cm³/mol.